The molecule has 1 aliphatic heterocycles. The number of carbonyl (C=O) groups excluding carboxylic acids is 2. The molecule has 1 aliphatic rings. The number of fused-ring (bicyclic) bond motifs is 1. The summed E-state index contributed by atoms with van der Waals surface area (Å²) in [5, 5.41) is 3.11. The SMILES string of the molecule is Cc1ccc2c(c1)CC(=O)C=C(C(=O)c1ccccc1)N2. The Kier molecular flexibility index (Phi) is 3.40. The largest absolute Gasteiger partial charge is 0.352 e. The zero-order chi connectivity index (χ0) is 14.8. The van der Waals surface area contributed by atoms with Gasteiger partial charge in [-0.05, 0) is 18.6 Å². The molecule has 21 heavy (non-hydrogen) atoms. The average Bonchev–Trinajstić information content (AvgIpc) is 2.65. The van der Waals surface area contributed by atoms with E-state index in [0.717, 1.165) is 16.8 Å². The molecule has 3 rings (SSSR count). The van der Waals surface area contributed by atoms with Crippen molar-refractivity contribution in [2.24, 2.45) is 0 Å². The van der Waals surface area contributed by atoms with E-state index in [0.29, 0.717) is 17.7 Å². The van der Waals surface area contributed by atoms with Crippen LogP contribution in [0.2, 0.25) is 0 Å². The van der Waals surface area contributed by atoms with Gasteiger partial charge in [0.15, 0.2) is 5.78 Å². The van der Waals surface area contributed by atoms with E-state index in [1.165, 1.54) is 6.08 Å². The Morgan fingerprint density at radius 2 is 1.86 bits per heavy atom. The van der Waals surface area contributed by atoms with Gasteiger partial charge < -0.3 is 5.32 Å². The average molecular weight is 277 g/mol. The number of ketones is 2. The molecule has 2 aromatic rings. The van der Waals surface area contributed by atoms with E-state index in [9.17, 15) is 9.59 Å². The quantitative estimate of drug-likeness (QED) is 0.857. The van der Waals surface area contributed by atoms with Gasteiger partial charge in [-0.1, -0.05) is 48.0 Å². The van der Waals surface area contributed by atoms with Crippen molar-refractivity contribution in [3.05, 3.63) is 77.0 Å². The van der Waals surface area contributed by atoms with Crippen molar-refractivity contribution in [2.45, 2.75) is 13.3 Å². The lowest BCUT2D eigenvalue weighted by molar-refractivity contribution is -0.114. The predicted octanol–water partition coefficient (Wildman–Crippen LogP) is 3.30. The van der Waals surface area contributed by atoms with Crippen molar-refractivity contribution >= 4 is 17.3 Å². The maximum Gasteiger partial charge on any atom is 0.209 e. The van der Waals surface area contributed by atoms with E-state index in [4.69, 9.17) is 0 Å². The van der Waals surface area contributed by atoms with Crippen LogP contribution in [0.4, 0.5) is 5.69 Å². The minimum Gasteiger partial charge on any atom is -0.352 e. The third-order valence-electron chi connectivity index (χ3n) is 3.48. The summed E-state index contributed by atoms with van der Waals surface area (Å²) in [6.07, 6.45) is 1.72. The number of anilines is 1. The Balaban J connectivity index is 1.98. The van der Waals surface area contributed by atoms with Gasteiger partial charge in [0.05, 0.1) is 5.70 Å². The van der Waals surface area contributed by atoms with E-state index >= 15 is 0 Å². The van der Waals surface area contributed by atoms with Crippen LogP contribution >= 0.6 is 0 Å². The summed E-state index contributed by atoms with van der Waals surface area (Å²) in [4.78, 5) is 24.5. The first-order chi connectivity index (χ1) is 10.1. The first kappa shape index (κ1) is 13.3. The molecule has 2 aromatic carbocycles. The number of allylic oxidation sites excluding steroid dienone is 2. The summed E-state index contributed by atoms with van der Waals surface area (Å²) in [5.41, 5.74) is 3.74. The lowest BCUT2D eigenvalue weighted by Gasteiger charge is -2.11. The van der Waals surface area contributed by atoms with Crippen molar-refractivity contribution in [2.75, 3.05) is 5.32 Å². The highest BCUT2D eigenvalue weighted by molar-refractivity contribution is 6.14. The molecule has 0 amide bonds. The van der Waals surface area contributed by atoms with Crippen LogP contribution in [0.5, 0.6) is 0 Å². The maximum atomic E-state index is 12.5. The Bertz CT molecular complexity index is 745. The van der Waals surface area contributed by atoms with Crippen LogP contribution in [0, 0.1) is 6.92 Å². The molecule has 0 aromatic heterocycles. The van der Waals surface area contributed by atoms with Gasteiger partial charge in [-0.2, -0.15) is 0 Å². The van der Waals surface area contributed by atoms with Crippen molar-refractivity contribution in [1.82, 2.24) is 0 Å². The summed E-state index contributed by atoms with van der Waals surface area (Å²) >= 11 is 0. The first-order valence-electron chi connectivity index (χ1n) is 6.84. The highest BCUT2D eigenvalue weighted by Gasteiger charge is 2.19. The van der Waals surface area contributed by atoms with Gasteiger partial charge in [-0.25, -0.2) is 0 Å². The Morgan fingerprint density at radius 1 is 1.10 bits per heavy atom. The number of hydrogen-bond donors (Lipinski definition) is 1. The van der Waals surface area contributed by atoms with E-state index in [-0.39, 0.29) is 11.6 Å². The van der Waals surface area contributed by atoms with Crippen molar-refractivity contribution in [1.29, 1.82) is 0 Å². The highest BCUT2D eigenvalue weighted by Crippen LogP contribution is 2.24. The molecule has 0 saturated heterocycles. The smallest absolute Gasteiger partial charge is 0.209 e. The molecule has 0 atom stereocenters. The third-order valence-corrected chi connectivity index (χ3v) is 3.48. The minimum atomic E-state index is -0.169. The summed E-state index contributed by atoms with van der Waals surface area (Å²) in [5.74, 6) is -0.233. The standard InChI is InChI=1S/C18H15NO2/c1-12-7-8-16-14(9-12)10-15(20)11-17(19-16)18(21)13-5-3-2-4-6-13/h2-9,11,19H,10H2,1H3. The van der Waals surface area contributed by atoms with Gasteiger partial charge in [-0.3, -0.25) is 9.59 Å². The van der Waals surface area contributed by atoms with Crippen LogP contribution < -0.4 is 5.32 Å². The summed E-state index contributed by atoms with van der Waals surface area (Å²) in [6.45, 7) is 1.99. The molecular weight excluding hydrogens is 262 g/mol. The molecule has 0 unspecified atom stereocenters. The van der Waals surface area contributed by atoms with Crippen molar-refractivity contribution < 1.29 is 9.59 Å². The van der Waals surface area contributed by atoms with E-state index in [1.54, 1.807) is 12.1 Å². The second-order valence-electron chi connectivity index (χ2n) is 5.18. The molecule has 0 saturated carbocycles. The topological polar surface area (TPSA) is 46.2 Å². The number of rotatable bonds is 2. The molecule has 3 heteroatoms. The maximum absolute atomic E-state index is 12.5. The Morgan fingerprint density at radius 3 is 2.62 bits per heavy atom. The number of benzene rings is 2. The molecule has 0 bridgehead atoms. The van der Waals surface area contributed by atoms with Gasteiger partial charge in [0.25, 0.3) is 0 Å². The van der Waals surface area contributed by atoms with Gasteiger partial charge in [0.2, 0.25) is 5.78 Å². The summed E-state index contributed by atoms with van der Waals surface area (Å²) in [7, 11) is 0. The molecule has 0 radical (unpaired) electrons. The minimum absolute atomic E-state index is 0.0638. The number of hydrogen-bond acceptors (Lipinski definition) is 3. The van der Waals surface area contributed by atoms with Gasteiger partial charge in [0, 0.05) is 23.7 Å². The summed E-state index contributed by atoms with van der Waals surface area (Å²) < 4.78 is 0. The van der Waals surface area contributed by atoms with Gasteiger partial charge >= 0.3 is 0 Å². The molecular formula is C18H15NO2. The second-order valence-corrected chi connectivity index (χ2v) is 5.18. The van der Waals surface area contributed by atoms with E-state index in [2.05, 4.69) is 5.32 Å². The molecule has 0 aliphatic carbocycles. The van der Waals surface area contributed by atoms with Crippen molar-refractivity contribution in [3.63, 3.8) is 0 Å². The lowest BCUT2D eigenvalue weighted by atomic mass is 10.0. The molecule has 1 heterocycles. The fourth-order valence-electron chi connectivity index (χ4n) is 2.44. The Labute approximate surface area is 123 Å². The zero-order valence-corrected chi connectivity index (χ0v) is 11.7. The normalized spacial score (nSPS) is 13.8. The number of carbonyl (C=O) groups is 2. The first-order valence-corrected chi connectivity index (χ1v) is 6.84. The Hall–Kier alpha value is -2.68. The van der Waals surface area contributed by atoms with Crippen LogP contribution in [-0.2, 0) is 11.2 Å². The molecule has 104 valence electrons. The van der Waals surface area contributed by atoms with Crippen LogP contribution in [-0.4, -0.2) is 11.6 Å². The lowest BCUT2D eigenvalue weighted by Crippen LogP contribution is -2.12. The van der Waals surface area contributed by atoms with Crippen LogP contribution in [0.25, 0.3) is 0 Å². The fraction of sp³-hybridized carbons (Fsp3) is 0.111. The molecule has 0 spiro atoms. The summed E-state index contributed by atoms with van der Waals surface area (Å²) in [6, 6.07) is 14.8. The zero-order valence-electron chi connectivity index (χ0n) is 11.7. The van der Waals surface area contributed by atoms with Gasteiger partial charge in [0.1, 0.15) is 0 Å². The highest BCUT2D eigenvalue weighted by atomic mass is 16.1. The monoisotopic (exact) mass is 277 g/mol. The van der Waals surface area contributed by atoms with E-state index < -0.39 is 0 Å². The number of aryl methyl sites for hydroxylation is 1. The van der Waals surface area contributed by atoms with E-state index in [1.807, 2.05) is 43.3 Å². The van der Waals surface area contributed by atoms with Gasteiger partial charge in [-0.15, -0.1) is 0 Å². The fourth-order valence-corrected chi connectivity index (χ4v) is 2.44. The predicted molar refractivity (Wildman–Crippen MR) is 82.4 cm³/mol. The van der Waals surface area contributed by atoms with Crippen LogP contribution in [0.15, 0.2) is 60.3 Å². The molecule has 1 N–H and O–H groups in total. The van der Waals surface area contributed by atoms with Crippen LogP contribution in [0.1, 0.15) is 21.5 Å². The van der Waals surface area contributed by atoms with Crippen molar-refractivity contribution in [3.8, 4) is 0 Å². The second kappa shape index (κ2) is 5.37. The molecule has 3 nitrogen and oxygen atoms in total. The number of nitrogens with one attached hydrogen (secondary N) is 1. The van der Waals surface area contributed by atoms with Crippen LogP contribution in [0.3, 0.4) is 0 Å². The molecule has 0 fully saturated rings. The number of Topliss-reactive ketones (excluding diaryl/α,β-unsaturated/α-hetero) is 1. The third kappa shape index (κ3) is 2.77.